The van der Waals surface area contributed by atoms with Gasteiger partial charge in [0, 0.05) is 37.4 Å². The van der Waals surface area contributed by atoms with E-state index >= 15 is 0 Å². The Morgan fingerprint density at radius 1 is 1.09 bits per heavy atom. The lowest BCUT2D eigenvalue weighted by Crippen LogP contribution is -2.49. The van der Waals surface area contributed by atoms with Crippen LogP contribution in [0.1, 0.15) is 12.5 Å². The van der Waals surface area contributed by atoms with Gasteiger partial charge < -0.3 is 9.64 Å². The normalized spacial score (nSPS) is 22.9. The molecule has 7 nitrogen and oxygen atoms in total. The molecule has 3 aliphatic heterocycles. The molecule has 3 aliphatic rings. The van der Waals surface area contributed by atoms with Crippen LogP contribution in [0.5, 0.6) is 5.75 Å². The number of likely N-dealkylation sites (tertiary alicyclic amines) is 1. The van der Waals surface area contributed by atoms with Crippen molar-refractivity contribution < 1.29 is 22.7 Å². The number of alkyl halides is 3. The lowest BCUT2D eigenvalue weighted by molar-refractivity contribution is -0.274. The Balaban J connectivity index is 1.30. The molecule has 0 saturated carbocycles. The van der Waals surface area contributed by atoms with Gasteiger partial charge in [-0.15, -0.1) is 13.2 Å². The van der Waals surface area contributed by atoms with Gasteiger partial charge in [-0.25, -0.2) is 9.79 Å². The van der Waals surface area contributed by atoms with Crippen molar-refractivity contribution in [3.05, 3.63) is 72.2 Å². The number of carbonyl (C=O) groups is 1. The second-order valence-corrected chi connectivity index (χ2v) is 8.76. The molecule has 34 heavy (non-hydrogen) atoms. The Labute approximate surface area is 195 Å². The van der Waals surface area contributed by atoms with Gasteiger partial charge in [-0.3, -0.25) is 15.1 Å². The van der Waals surface area contributed by atoms with Gasteiger partial charge in [-0.05, 0) is 35.7 Å². The highest BCUT2D eigenvalue weighted by Gasteiger charge is 2.39. The zero-order valence-corrected chi connectivity index (χ0v) is 18.5. The number of halogens is 3. The summed E-state index contributed by atoms with van der Waals surface area (Å²) in [4.78, 5) is 23.2. The fourth-order valence-electron chi connectivity index (χ4n) is 4.63. The lowest BCUT2D eigenvalue weighted by atomic mass is 9.96. The molecule has 178 valence electrons. The standard InChI is InChI=1S/C24H24F3N5O2/c1-16-11-30(12-17-5-3-2-4-6-17)13-20(16)22-28-21-14-31(15-32(21)23(33)29-22)18-7-9-19(10-8-18)34-24(25,26)27/h2-10,14,16,20H,11-13,15H2,1H3,(H,28,29,33). The number of urea groups is 1. The van der Waals surface area contributed by atoms with Gasteiger partial charge in [0.2, 0.25) is 0 Å². The molecule has 10 heteroatoms. The van der Waals surface area contributed by atoms with Crippen LogP contribution in [0, 0.1) is 11.8 Å². The zero-order chi connectivity index (χ0) is 23.9. The number of rotatable bonds is 5. The predicted molar refractivity (Wildman–Crippen MR) is 121 cm³/mol. The predicted octanol–water partition coefficient (Wildman–Crippen LogP) is 4.35. The van der Waals surface area contributed by atoms with E-state index in [1.54, 1.807) is 11.1 Å². The molecule has 0 bridgehead atoms. The van der Waals surface area contributed by atoms with E-state index in [2.05, 4.69) is 34.0 Å². The summed E-state index contributed by atoms with van der Waals surface area (Å²) in [7, 11) is 0. The van der Waals surface area contributed by atoms with Crippen molar-refractivity contribution in [3.8, 4) is 5.75 Å². The van der Waals surface area contributed by atoms with Crippen LogP contribution in [0.15, 0.2) is 71.6 Å². The largest absolute Gasteiger partial charge is 0.573 e. The molecule has 1 saturated heterocycles. The van der Waals surface area contributed by atoms with Gasteiger partial charge in [0.15, 0.2) is 5.82 Å². The maximum absolute atomic E-state index is 12.8. The van der Waals surface area contributed by atoms with Gasteiger partial charge in [0.25, 0.3) is 0 Å². The third kappa shape index (κ3) is 4.72. The molecule has 5 rings (SSSR count). The lowest BCUT2D eigenvalue weighted by Gasteiger charge is -2.28. The number of hydrogen-bond donors (Lipinski definition) is 1. The minimum absolute atomic E-state index is 0.101. The van der Waals surface area contributed by atoms with Crippen LogP contribution in [0.4, 0.5) is 23.7 Å². The monoisotopic (exact) mass is 471 g/mol. The van der Waals surface area contributed by atoms with Gasteiger partial charge in [-0.1, -0.05) is 37.3 Å². The maximum atomic E-state index is 12.8. The van der Waals surface area contributed by atoms with Crippen LogP contribution in [0.25, 0.3) is 0 Å². The first-order chi connectivity index (χ1) is 16.2. The number of nitrogens with one attached hydrogen (secondary N) is 1. The fraction of sp³-hybridized carbons (Fsp3) is 0.333. The number of aliphatic imine (C=N–C) groups is 1. The van der Waals surface area contributed by atoms with E-state index in [1.807, 2.05) is 18.2 Å². The summed E-state index contributed by atoms with van der Waals surface area (Å²) in [5, 5.41) is 2.95. The molecule has 2 aromatic carbocycles. The van der Waals surface area contributed by atoms with Gasteiger partial charge in [-0.2, -0.15) is 0 Å². The second-order valence-electron chi connectivity index (χ2n) is 8.76. The number of carbonyl (C=O) groups excluding carboxylic acids is 1. The molecule has 2 aromatic rings. The van der Waals surface area contributed by atoms with Crippen LogP contribution in [-0.4, -0.2) is 47.8 Å². The second kappa shape index (κ2) is 8.68. The Kier molecular flexibility index (Phi) is 5.68. The highest BCUT2D eigenvalue weighted by atomic mass is 19.4. The van der Waals surface area contributed by atoms with Crippen LogP contribution in [0.2, 0.25) is 0 Å². The van der Waals surface area contributed by atoms with E-state index in [9.17, 15) is 18.0 Å². The SMILES string of the molecule is CC1CN(Cc2ccccc2)CC1C1=NC2=CN(c3ccc(OC(F)(F)F)cc3)CN2C(=O)N1. The third-order valence-electron chi connectivity index (χ3n) is 6.25. The molecule has 2 atom stereocenters. The number of ether oxygens (including phenoxy) is 1. The average molecular weight is 471 g/mol. The molecular formula is C24H24F3N5O2. The summed E-state index contributed by atoms with van der Waals surface area (Å²) in [5.41, 5.74) is 1.88. The summed E-state index contributed by atoms with van der Waals surface area (Å²) in [6.45, 7) is 4.94. The molecule has 1 N–H and O–H groups in total. The van der Waals surface area contributed by atoms with E-state index in [1.165, 1.54) is 34.7 Å². The number of benzene rings is 2. The summed E-state index contributed by atoms with van der Waals surface area (Å²) in [5.74, 6) is 1.31. The first-order valence-corrected chi connectivity index (χ1v) is 11.0. The number of anilines is 1. The average Bonchev–Trinajstić information content (AvgIpc) is 3.37. The molecule has 0 radical (unpaired) electrons. The van der Waals surface area contributed by atoms with Gasteiger partial charge in [0.05, 0.1) is 0 Å². The third-order valence-corrected chi connectivity index (χ3v) is 6.25. The first-order valence-electron chi connectivity index (χ1n) is 11.0. The molecule has 0 aromatic heterocycles. The quantitative estimate of drug-likeness (QED) is 0.704. The highest BCUT2D eigenvalue weighted by Crippen LogP contribution is 2.32. The molecule has 2 unspecified atom stereocenters. The van der Waals surface area contributed by atoms with Crippen molar-refractivity contribution in [2.75, 3.05) is 24.7 Å². The van der Waals surface area contributed by atoms with Crippen LogP contribution >= 0.6 is 0 Å². The van der Waals surface area contributed by atoms with Crippen molar-refractivity contribution in [2.45, 2.75) is 19.8 Å². The van der Waals surface area contributed by atoms with Crippen molar-refractivity contribution in [1.29, 1.82) is 0 Å². The van der Waals surface area contributed by atoms with Crippen molar-refractivity contribution in [1.82, 2.24) is 15.1 Å². The van der Waals surface area contributed by atoms with E-state index < -0.39 is 6.36 Å². The molecule has 0 spiro atoms. The summed E-state index contributed by atoms with van der Waals surface area (Å²) in [6, 6.07) is 15.5. The Bertz CT molecular complexity index is 1120. The number of fused-ring (bicyclic) bond motifs is 1. The minimum Gasteiger partial charge on any atom is -0.406 e. The van der Waals surface area contributed by atoms with Gasteiger partial charge >= 0.3 is 12.4 Å². The minimum atomic E-state index is -4.74. The Morgan fingerprint density at radius 3 is 2.53 bits per heavy atom. The van der Waals surface area contributed by atoms with Crippen LogP contribution in [0.3, 0.4) is 0 Å². The summed E-state index contributed by atoms with van der Waals surface area (Å²) in [6.07, 6.45) is -3.01. The fourth-order valence-corrected chi connectivity index (χ4v) is 4.63. The molecule has 1 fully saturated rings. The molecule has 3 heterocycles. The van der Waals surface area contributed by atoms with Crippen molar-refractivity contribution >= 4 is 17.6 Å². The van der Waals surface area contributed by atoms with E-state index in [0.29, 0.717) is 23.3 Å². The van der Waals surface area contributed by atoms with E-state index in [4.69, 9.17) is 4.99 Å². The number of nitrogens with zero attached hydrogens (tertiary/aromatic N) is 4. The Hall–Kier alpha value is -3.53. The topological polar surface area (TPSA) is 60.4 Å². The Morgan fingerprint density at radius 2 is 1.82 bits per heavy atom. The molecule has 0 aliphatic carbocycles. The first kappa shape index (κ1) is 22.3. The molecule has 2 amide bonds. The maximum Gasteiger partial charge on any atom is 0.573 e. The van der Waals surface area contributed by atoms with E-state index in [-0.39, 0.29) is 24.4 Å². The van der Waals surface area contributed by atoms with E-state index in [0.717, 1.165) is 19.6 Å². The van der Waals surface area contributed by atoms with Crippen molar-refractivity contribution in [3.63, 3.8) is 0 Å². The summed E-state index contributed by atoms with van der Waals surface area (Å²) < 4.78 is 41.1. The van der Waals surface area contributed by atoms with Crippen molar-refractivity contribution in [2.24, 2.45) is 16.8 Å². The number of amidine groups is 1. The highest BCUT2D eigenvalue weighted by molar-refractivity contribution is 6.02. The number of amides is 2. The van der Waals surface area contributed by atoms with Crippen LogP contribution < -0.4 is 15.0 Å². The zero-order valence-electron chi connectivity index (χ0n) is 18.5. The summed E-state index contributed by atoms with van der Waals surface area (Å²) >= 11 is 0. The smallest absolute Gasteiger partial charge is 0.406 e. The number of hydrogen-bond acceptors (Lipinski definition) is 5. The van der Waals surface area contributed by atoms with Gasteiger partial charge in [0.1, 0.15) is 18.3 Å². The van der Waals surface area contributed by atoms with Crippen LogP contribution in [-0.2, 0) is 6.54 Å². The molecular weight excluding hydrogens is 447 g/mol.